The van der Waals surface area contributed by atoms with Crippen LogP contribution in [-0.2, 0) is 4.74 Å². The highest BCUT2D eigenvalue weighted by Gasteiger charge is 2.35. The summed E-state index contributed by atoms with van der Waals surface area (Å²) in [5, 5.41) is 18.5. The van der Waals surface area contributed by atoms with Gasteiger partial charge in [-0.25, -0.2) is 14.8 Å². The number of ether oxygens (including phenoxy) is 1. The van der Waals surface area contributed by atoms with Crippen molar-refractivity contribution in [3.63, 3.8) is 0 Å². The van der Waals surface area contributed by atoms with E-state index >= 15 is 0 Å². The number of nitrogens with zero attached hydrogens (tertiary/aromatic N) is 8. The molecule has 10 nitrogen and oxygen atoms in total. The molecule has 34 heavy (non-hydrogen) atoms. The number of rotatable bonds is 3. The molecule has 1 saturated heterocycles. The van der Waals surface area contributed by atoms with Gasteiger partial charge in [-0.15, -0.1) is 5.10 Å². The Labute approximate surface area is 198 Å². The zero-order chi connectivity index (χ0) is 24.0. The molecule has 0 bridgehead atoms. The normalized spacial score (nSPS) is 18.7. The van der Waals surface area contributed by atoms with Crippen molar-refractivity contribution in [2.75, 3.05) is 24.5 Å². The molecule has 3 aromatic rings. The van der Waals surface area contributed by atoms with E-state index in [2.05, 4.69) is 39.3 Å². The molecular formula is C24H28N8O2. The second-order valence-corrected chi connectivity index (χ2v) is 10.0. The molecule has 1 aliphatic carbocycles. The first kappa shape index (κ1) is 22.1. The van der Waals surface area contributed by atoms with Gasteiger partial charge < -0.3 is 14.5 Å². The molecule has 3 aromatic heterocycles. The summed E-state index contributed by atoms with van der Waals surface area (Å²) in [4.78, 5) is 25.9. The second-order valence-electron chi connectivity index (χ2n) is 10.0. The molecule has 10 heteroatoms. The minimum absolute atomic E-state index is 0.0523. The van der Waals surface area contributed by atoms with E-state index in [1.54, 1.807) is 17.3 Å². The first-order valence-electron chi connectivity index (χ1n) is 11.6. The lowest BCUT2D eigenvalue weighted by atomic mass is 10.1. The molecule has 0 aromatic carbocycles. The summed E-state index contributed by atoms with van der Waals surface area (Å²) < 4.78 is 7.48. The van der Waals surface area contributed by atoms with Crippen LogP contribution in [0.2, 0.25) is 0 Å². The third-order valence-electron chi connectivity index (χ3n) is 6.18. The molecule has 0 spiro atoms. The van der Waals surface area contributed by atoms with E-state index in [1.807, 2.05) is 25.3 Å². The van der Waals surface area contributed by atoms with Crippen molar-refractivity contribution in [2.45, 2.75) is 58.1 Å². The van der Waals surface area contributed by atoms with Crippen LogP contribution < -0.4 is 4.90 Å². The largest absolute Gasteiger partial charge is 0.444 e. The molecule has 1 atom stereocenters. The Hall–Kier alpha value is -3.74. The minimum Gasteiger partial charge on any atom is -0.444 e. The second kappa shape index (κ2) is 8.24. The smallest absolute Gasteiger partial charge is 0.410 e. The lowest BCUT2D eigenvalue weighted by Gasteiger charge is -2.41. The Morgan fingerprint density at radius 1 is 1.24 bits per heavy atom. The van der Waals surface area contributed by atoms with Gasteiger partial charge in [0.1, 0.15) is 23.8 Å². The Kier molecular flexibility index (Phi) is 5.35. The molecule has 4 heterocycles. The van der Waals surface area contributed by atoms with E-state index in [-0.39, 0.29) is 12.1 Å². The van der Waals surface area contributed by atoms with Gasteiger partial charge >= 0.3 is 6.09 Å². The number of amides is 1. The molecule has 176 valence electrons. The van der Waals surface area contributed by atoms with Crippen LogP contribution in [0.5, 0.6) is 0 Å². The maximum absolute atomic E-state index is 12.6. The van der Waals surface area contributed by atoms with Crippen LogP contribution in [0.25, 0.3) is 16.9 Å². The standard InChI is InChI=1S/C24H28N8O2/c1-15-12-30(23(33)34-24(2,3)4)7-8-31(15)21-20-18(17-5-6-17)13-32(22(20)27-14-26-21)19-9-16(10-25)11-28-29-19/h9,11,13-15,17H,5-8,12H2,1-4H3/t15-/m0/s1. The van der Waals surface area contributed by atoms with E-state index < -0.39 is 5.60 Å². The van der Waals surface area contributed by atoms with Crippen molar-refractivity contribution in [2.24, 2.45) is 0 Å². The highest BCUT2D eigenvalue weighted by molar-refractivity contribution is 5.93. The minimum atomic E-state index is -0.524. The Bertz CT molecular complexity index is 1280. The number of hydrogen-bond donors (Lipinski definition) is 0. The molecular weight excluding hydrogens is 432 g/mol. The Morgan fingerprint density at radius 3 is 2.71 bits per heavy atom. The monoisotopic (exact) mass is 460 g/mol. The Morgan fingerprint density at radius 2 is 2.03 bits per heavy atom. The van der Waals surface area contributed by atoms with Crippen LogP contribution in [0.15, 0.2) is 24.8 Å². The number of hydrogen-bond acceptors (Lipinski definition) is 8. The first-order valence-corrected chi connectivity index (χ1v) is 11.6. The van der Waals surface area contributed by atoms with Gasteiger partial charge in [-0.05, 0) is 52.0 Å². The van der Waals surface area contributed by atoms with E-state index in [4.69, 9.17) is 9.72 Å². The third-order valence-corrected chi connectivity index (χ3v) is 6.18. The van der Waals surface area contributed by atoms with Crippen LogP contribution in [0.4, 0.5) is 10.6 Å². The number of piperazine rings is 1. The van der Waals surface area contributed by atoms with E-state index in [0.29, 0.717) is 36.9 Å². The number of nitriles is 1. The van der Waals surface area contributed by atoms with Crippen molar-refractivity contribution < 1.29 is 9.53 Å². The van der Waals surface area contributed by atoms with Crippen molar-refractivity contribution >= 4 is 22.9 Å². The van der Waals surface area contributed by atoms with Crippen LogP contribution in [0.1, 0.15) is 57.6 Å². The summed E-state index contributed by atoms with van der Waals surface area (Å²) in [6.45, 7) is 9.48. The van der Waals surface area contributed by atoms with Crippen molar-refractivity contribution in [3.8, 4) is 11.9 Å². The average molecular weight is 461 g/mol. The Balaban J connectivity index is 1.51. The lowest BCUT2D eigenvalue weighted by Crippen LogP contribution is -2.54. The number of fused-ring (bicyclic) bond motifs is 1. The SMILES string of the molecule is C[C@H]1CN(C(=O)OC(C)(C)C)CCN1c1ncnc2c1c(C1CC1)cn2-c1cc(C#N)cnn1. The fourth-order valence-corrected chi connectivity index (χ4v) is 4.47. The molecule has 5 rings (SSSR count). The summed E-state index contributed by atoms with van der Waals surface area (Å²) in [7, 11) is 0. The van der Waals surface area contributed by atoms with Gasteiger partial charge in [0, 0.05) is 37.9 Å². The highest BCUT2D eigenvalue weighted by atomic mass is 16.6. The number of carbonyl (C=O) groups excluding carboxylic acids is 1. The van der Waals surface area contributed by atoms with Crippen LogP contribution in [-0.4, -0.2) is 67.0 Å². The number of anilines is 1. The quantitative estimate of drug-likeness (QED) is 0.584. The molecule has 1 saturated carbocycles. The van der Waals surface area contributed by atoms with Gasteiger partial charge in [-0.1, -0.05) is 0 Å². The molecule has 2 aliphatic rings. The fourth-order valence-electron chi connectivity index (χ4n) is 4.47. The van der Waals surface area contributed by atoms with Gasteiger partial charge in [0.2, 0.25) is 0 Å². The van der Waals surface area contributed by atoms with E-state index in [1.165, 1.54) is 11.8 Å². The summed E-state index contributed by atoms with van der Waals surface area (Å²) >= 11 is 0. The highest BCUT2D eigenvalue weighted by Crippen LogP contribution is 2.46. The first-order chi connectivity index (χ1) is 16.2. The summed E-state index contributed by atoms with van der Waals surface area (Å²) in [5.41, 5.74) is 1.86. The lowest BCUT2D eigenvalue weighted by molar-refractivity contribution is 0.0218. The van der Waals surface area contributed by atoms with Gasteiger partial charge in [-0.2, -0.15) is 10.4 Å². The fraction of sp³-hybridized carbons (Fsp3) is 0.500. The molecule has 1 amide bonds. The summed E-state index contributed by atoms with van der Waals surface area (Å²) in [6.07, 6.45) is 7.04. The van der Waals surface area contributed by atoms with Crippen molar-refractivity contribution in [1.29, 1.82) is 5.26 Å². The maximum atomic E-state index is 12.6. The molecule has 1 aliphatic heterocycles. The number of carbonyl (C=O) groups is 1. The van der Waals surface area contributed by atoms with Crippen molar-refractivity contribution in [1.82, 2.24) is 29.6 Å². The van der Waals surface area contributed by atoms with E-state index in [0.717, 1.165) is 29.7 Å². The summed E-state index contributed by atoms with van der Waals surface area (Å²) in [6, 6.07) is 3.89. The average Bonchev–Trinajstić information content (AvgIpc) is 3.57. The van der Waals surface area contributed by atoms with Gasteiger partial charge in [0.25, 0.3) is 0 Å². The third kappa shape index (κ3) is 4.14. The van der Waals surface area contributed by atoms with Gasteiger partial charge in [0.05, 0.1) is 17.1 Å². The van der Waals surface area contributed by atoms with Gasteiger partial charge in [0.15, 0.2) is 11.5 Å². The maximum Gasteiger partial charge on any atom is 0.410 e. The number of aromatic nitrogens is 5. The summed E-state index contributed by atoms with van der Waals surface area (Å²) in [5.74, 6) is 1.88. The topological polar surface area (TPSA) is 113 Å². The molecule has 0 N–H and O–H groups in total. The molecule has 2 fully saturated rings. The molecule has 0 radical (unpaired) electrons. The zero-order valence-electron chi connectivity index (χ0n) is 19.9. The zero-order valence-corrected chi connectivity index (χ0v) is 19.9. The predicted molar refractivity (Wildman–Crippen MR) is 126 cm³/mol. The van der Waals surface area contributed by atoms with Crippen LogP contribution >= 0.6 is 0 Å². The van der Waals surface area contributed by atoms with Gasteiger partial charge in [-0.3, -0.25) is 4.57 Å². The predicted octanol–water partition coefficient (Wildman–Crippen LogP) is 3.41. The molecule has 0 unspecified atom stereocenters. The van der Waals surface area contributed by atoms with Crippen molar-refractivity contribution in [3.05, 3.63) is 35.9 Å². The van der Waals surface area contributed by atoms with Crippen LogP contribution in [0.3, 0.4) is 0 Å². The van der Waals surface area contributed by atoms with E-state index in [9.17, 15) is 10.1 Å². The van der Waals surface area contributed by atoms with Crippen LogP contribution in [0, 0.1) is 11.3 Å².